The number of carbonyl (C=O) groups is 1. The van der Waals surface area contributed by atoms with E-state index in [-0.39, 0.29) is 48.7 Å². The van der Waals surface area contributed by atoms with Gasteiger partial charge in [0.2, 0.25) is 5.91 Å². The molecular weight excluding hydrogens is 481 g/mol. The van der Waals surface area contributed by atoms with E-state index in [1.54, 1.807) is 30.3 Å². The van der Waals surface area contributed by atoms with Crippen LogP contribution in [0.15, 0.2) is 59.6 Å². The lowest BCUT2D eigenvalue weighted by Gasteiger charge is -2.13. The standard InChI is InChI=1S/C19H22F2N4O2.HI/c1-2-22-19(24-13-17(26)25-15-9-4-3-5-10-15)23-12-14-8-6-7-11-16(14)27-18(20)21;/h3-11,18H,2,12-13H2,1H3,(H,25,26)(H2,22,23,24);1H. The van der Waals surface area contributed by atoms with E-state index < -0.39 is 6.61 Å². The predicted molar refractivity (Wildman–Crippen MR) is 116 cm³/mol. The van der Waals surface area contributed by atoms with Crippen molar-refractivity contribution >= 4 is 41.5 Å². The van der Waals surface area contributed by atoms with Gasteiger partial charge in [-0.2, -0.15) is 8.78 Å². The molecule has 0 spiro atoms. The summed E-state index contributed by atoms with van der Waals surface area (Å²) in [5.74, 6) is 0.245. The van der Waals surface area contributed by atoms with Crippen molar-refractivity contribution in [1.29, 1.82) is 0 Å². The van der Waals surface area contributed by atoms with E-state index in [4.69, 9.17) is 0 Å². The minimum atomic E-state index is -2.90. The molecule has 0 saturated carbocycles. The summed E-state index contributed by atoms with van der Waals surface area (Å²) in [6.45, 7) is -0.298. The maximum Gasteiger partial charge on any atom is 0.387 e. The molecule has 0 saturated heterocycles. The minimum Gasteiger partial charge on any atom is -0.434 e. The summed E-state index contributed by atoms with van der Waals surface area (Å²) in [5.41, 5.74) is 1.22. The molecule has 6 nitrogen and oxygen atoms in total. The Bertz CT molecular complexity index is 761. The highest BCUT2D eigenvalue weighted by molar-refractivity contribution is 14.0. The van der Waals surface area contributed by atoms with Gasteiger partial charge in [-0.25, -0.2) is 4.99 Å². The number of alkyl halides is 2. The predicted octanol–water partition coefficient (Wildman–Crippen LogP) is 3.60. The fourth-order valence-electron chi connectivity index (χ4n) is 2.24. The summed E-state index contributed by atoms with van der Waals surface area (Å²) in [6.07, 6.45) is 0. The van der Waals surface area contributed by atoms with Gasteiger partial charge in [-0.05, 0) is 25.1 Å². The number of para-hydroxylation sites is 2. The third-order valence-corrected chi connectivity index (χ3v) is 3.41. The second-order valence-electron chi connectivity index (χ2n) is 5.45. The first-order chi connectivity index (χ1) is 13.1. The zero-order chi connectivity index (χ0) is 19.5. The number of ether oxygens (including phenoxy) is 1. The molecule has 2 aromatic rings. The van der Waals surface area contributed by atoms with Crippen LogP contribution in [-0.2, 0) is 11.3 Å². The Morgan fingerprint density at radius 2 is 1.75 bits per heavy atom. The molecule has 0 unspecified atom stereocenters. The van der Waals surface area contributed by atoms with Crippen molar-refractivity contribution in [1.82, 2.24) is 10.6 Å². The van der Waals surface area contributed by atoms with E-state index in [0.717, 1.165) is 0 Å². The van der Waals surface area contributed by atoms with E-state index in [1.165, 1.54) is 6.07 Å². The third kappa shape index (κ3) is 8.51. The van der Waals surface area contributed by atoms with Crippen LogP contribution in [0.2, 0.25) is 0 Å². The topological polar surface area (TPSA) is 74.8 Å². The van der Waals surface area contributed by atoms with Crippen molar-refractivity contribution in [3.63, 3.8) is 0 Å². The van der Waals surface area contributed by atoms with E-state index in [1.807, 2.05) is 25.1 Å². The highest BCUT2D eigenvalue weighted by atomic mass is 127. The fourth-order valence-corrected chi connectivity index (χ4v) is 2.24. The quantitative estimate of drug-likeness (QED) is 0.292. The summed E-state index contributed by atoms with van der Waals surface area (Å²) < 4.78 is 29.5. The Kier molecular flexibility index (Phi) is 10.8. The molecule has 0 aromatic heterocycles. The zero-order valence-corrected chi connectivity index (χ0v) is 17.7. The molecule has 2 rings (SSSR count). The van der Waals surface area contributed by atoms with E-state index in [2.05, 4.69) is 25.7 Å². The first kappa shape index (κ1) is 23.6. The van der Waals surface area contributed by atoms with Crippen LogP contribution < -0.4 is 20.7 Å². The van der Waals surface area contributed by atoms with Crippen molar-refractivity contribution in [3.8, 4) is 5.75 Å². The van der Waals surface area contributed by atoms with Crippen molar-refractivity contribution < 1.29 is 18.3 Å². The largest absolute Gasteiger partial charge is 0.434 e. The maximum atomic E-state index is 12.5. The van der Waals surface area contributed by atoms with Gasteiger partial charge in [-0.1, -0.05) is 36.4 Å². The smallest absolute Gasteiger partial charge is 0.387 e. The zero-order valence-electron chi connectivity index (χ0n) is 15.3. The Balaban J connectivity index is 0.00000392. The number of amides is 1. The molecule has 152 valence electrons. The first-order valence-electron chi connectivity index (χ1n) is 8.48. The van der Waals surface area contributed by atoms with Crippen LogP contribution in [0.5, 0.6) is 5.75 Å². The second kappa shape index (κ2) is 12.9. The molecule has 1 amide bonds. The molecule has 0 atom stereocenters. The summed E-state index contributed by atoms with van der Waals surface area (Å²) in [7, 11) is 0. The molecule has 9 heteroatoms. The van der Waals surface area contributed by atoms with Gasteiger partial charge in [-0.3, -0.25) is 4.79 Å². The molecular formula is C19H23F2IN4O2. The number of rotatable bonds is 8. The monoisotopic (exact) mass is 504 g/mol. The number of halogens is 3. The highest BCUT2D eigenvalue weighted by Crippen LogP contribution is 2.20. The highest BCUT2D eigenvalue weighted by Gasteiger charge is 2.09. The van der Waals surface area contributed by atoms with Crippen LogP contribution in [0.25, 0.3) is 0 Å². The molecule has 0 aliphatic rings. The molecule has 0 heterocycles. The normalized spacial score (nSPS) is 10.8. The van der Waals surface area contributed by atoms with Crippen molar-refractivity contribution in [3.05, 3.63) is 60.2 Å². The minimum absolute atomic E-state index is 0. The van der Waals surface area contributed by atoms with Gasteiger partial charge < -0.3 is 20.7 Å². The number of nitrogens with one attached hydrogen (secondary N) is 3. The molecule has 3 N–H and O–H groups in total. The summed E-state index contributed by atoms with van der Waals surface area (Å²) >= 11 is 0. The number of carbonyl (C=O) groups excluding carboxylic acids is 1. The molecule has 0 radical (unpaired) electrons. The molecule has 2 aromatic carbocycles. The van der Waals surface area contributed by atoms with Gasteiger partial charge in [0, 0.05) is 17.8 Å². The van der Waals surface area contributed by atoms with Gasteiger partial charge in [0.1, 0.15) is 5.75 Å². The Labute approximate surface area is 179 Å². The number of hydrogen-bond acceptors (Lipinski definition) is 3. The average molecular weight is 504 g/mol. The molecule has 28 heavy (non-hydrogen) atoms. The number of guanidine groups is 1. The lowest BCUT2D eigenvalue weighted by molar-refractivity contribution is -0.115. The van der Waals surface area contributed by atoms with Crippen molar-refractivity contribution in [2.75, 3.05) is 18.4 Å². The maximum absolute atomic E-state index is 12.5. The molecule has 0 bridgehead atoms. The lowest BCUT2D eigenvalue weighted by Crippen LogP contribution is -2.41. The number of aliphatic imine (C=N–C) groups is 1. The summed E-state index contributed by atoms with van der Waals surface area (Å²) in [6, 6.07) is 15.5. The summed E-state index contributed by atoms with van der Waals surface area (Å²) in [5, 5.41) is 8.67. The first-order valence-corrected chi connectivity index (χ1v) is 8.48. The van der Waals surface area contributed by atoms with Crippen LogP contribution in [0.3, 0.4) is 0 Å². The van der Waals surface area contributed by atoms with Crippen molar-refractivity contribution in [2.45, 2.75) is 20.1 Å². The van der Waals surface area contributed by atoms with Gasteiger partial charge in [-0.15, -0.1) is 24.0 Å². The lowest BCUT2D eigenvalue weighted by atomic mass is 10.2. The summed E-state index contributed by atoms with van der Waals surface area (Å²) in [4.78, 5) is 16.3. The van der Waals surface area contributed by atoms with E-state index in [9.17, 15) is 13.6 Å². The van der Waals surface area contributed by atoms with Crippen molar-refractivity contribution in [2.24, 2.45) is 4.99 Å². The Morgan fingerprint density at radius 1 is 1.07 bits per heavy atom. The van der Waals surface area contributed by atoms with E-state index in [0.29, 0.717) is 23.8 Å². The van der Waals surface area contributed by atoms with Gasteiger partial charge in [0.15, 0.2) is 5.96 Å². The number of anilines is 1. The Hall–Kier alpha value is -2.43. The molecule has 0 fully saturated rings. The molecule has 0 aliphatic heterocycles. The Morgan fingerprint density at radius 3 is 2.43 bits per heavy atom. The second-order valence-corrected chi connectivity index (χ2v) is 5.45. The fraction of sp³-hybridized carbons (Fsp3) is 0.263. The van der Waals surface area contributed by atoms with Crippen LogP contribution in [0, 0.1) is 0 Å². The third-order valence-electron chi connectivity index (χ3n) is 3.41. The number of nitrogens with zero attached hydrogens (tertiary/aromatic N) is 1. The van der Waals surface area contributed by atoms with E-state index >= 15 is 0 Å². The number of hydrogen-bond donors (Lipinski definition) is 3. The van der Waals surface area contributed by atoms with Crippen LogP contribution in [0.4, 0.5) is 14.5 Å². The average Bonchev–Trinajstić information content (AvgIpc) is 2.65. The van der Waals surface area contributed by atoms with Crippen LogP contribution in [-0.4, -0.2) is 31.6 Å². The SMILES string of the molecule is CCNC(=NCc1ccccc1OC(F)F)NCC(=O)Nc1ccccc1.I. The van der Waals surface area contributed by atoms with Crippen LogP contribution >= 0.6 is 24.0 Å². The van der Waals surface area contributed by atoms with Gasteiger partial charge in [0.25, 0.3) is 0 Å². The molecule has 0 aliphatic carbocycles. The number of benzene rings is 2. The van der Waals surface area contributed by atoms with Crippen LogP contribution in [0.1, 0.15) is 12.5 Å². The van der Waals surface area contributed by atoms with Gasteiger partial charge >= 0.3 is 6.61 Å². The van der Waals surface area contributed by atoms with Gasteiger partial charge in [0.05, 0.1) is 13.1 Å².